The van der Waals surface area contributed by atoms with Crippen molar-refractivity contribution >= 4 is 11.8 Å². The lowest BCUT2D eigenvalue weighted by molar-refractivity contribution is -0.133. The highest BCUT2D eigenvalue weighted by molar-refractivity contribution is 5.96. The van der Waals surface area contributed by atoms with E-state index < -0.39 is 0 Å². The molecule has 1 atom stereocenters. The quantitative estimate of drug-likeness (QED) is 0.515. The molecule has 162 valence electrons. The average molecular weight is 418 g/mol. The fourth-order valence-electron chi connectivity index (χ4n) is 3.53. The van der Waals surface area contributed by atoms with Crippen LogP contribution in [0.5, 0.6) is 0 Å². The van der Waals surface area contributed by atoms with E-state index in [1.165, 1.54) is 0 Å². The number of benzene rings is 2. The third kappa shape index (κ3) is 5.85. The van der Waals surface area contributed by atoms with E-state index >= 15 is 0 Å². The maximum atomic E-state index is 13.5. The van der Waals surface area contributed by atoms with Crippen molar-refractivity contribution in [3.05, 3.63) is 95.8 Å². The van der Waals surface area contributed by atoms with Crippen LogP contribution in [-0.2, 0) is 24.9 Å². The molecule has 5 nitrogen and oxygen atoms in total. The van der Waals surface area contributed by atoms with Gasteiger partial charge in [0.05, 0.1) is 6.54 Å². The summed E-state index contributed by atoms with van der Waals surface area (Å²) in [6.45, 7) is 5.07. The number of nitrogens with zero attached hydrogens (tertiary/aromatic N) is 3. The monoisotopic (exact) mass is 417 g/mol. The molecule has 5 heteroatoms. The Morgan fingerprint density at radius 1 is 0.903 bits per heavy atom. The molecule has 1 aromatic heterocycles. The Balaban J connectivity index is 1.83. The first-order valence-electron chi connectivity index (χ1n) is 10.8. The first-order chi connectivity index (χ1) is 15.0. The Morgan fingerprint density at radius 3 is 2.13 bits per heavy atom. The van der Waals surface area contributed by atoms with Crippen molar-refractivity contribution in [1.29, 1.82) is 0 Å². The molecule has 2 amide bonds. The van der Waals surface area contributed by atoms with Gasteiger partial charge in [0.15, 0.2) is 0 Å². The molecule has 0 saturated heterocycles. The Morgan fingerprint density at radius 2 is 1.55 bits per heavy atom. The van der Waals surface area contributed by atoms with Gasteiger partial charge in [0.1, 0.15) is 6.54 Å². The normalized spacial score (nSPS) is 11.7. The average Bonchev–Trinajstić information content (AvgIpc) is 3.21. The van der Waals surface area contributed by atoms with Crippen LogP contribution in [0.1, 0.15) is 41.9 Å². The van der Waals surface area contributed by atoms with Crippen molar-refractivity contribution in [3.63, 3.8) is 0 Å². The van der Waals surface area contributed by atoms with E-state index in [9.17, 15) is 9.59 Å². The van der Waals surface area contributed by atoms with E-state index in [0.29, 0.717) is 18.7 Å². The summed E-state index contributed by atoms with van der Waals surface area (Å²) in [4.78, 5) is 30.2. The van der Waals surface area contributed by atoms with E-state index in [2.05, 4.69) is 0 Å². The van der Waals surface area contributed by atoms with E-state index in [0.717, 1.165) is 17.7 Å². The van der Waals surface area contributed by atoms with E-state index in [1.54, 1.807) is 17.0 Å². The largest absolute Gasteiger partial charge is 0.353 e. The number of carbonyl (C=O) groups is 2. The summed E-state index contributed by atoms with van der Waals surface area (Å²) in [7, 11) is 1.98. The van der Waals surface area contributed by atoms with E-state index in [1.807, 2.05) is 97.2 Å². The van der Waals surface area contributed by atoms with Crippen molar-refractivity contribution in [2.24, 2.45) is 7.05 Å². The molecule has 1 heterocycles. The number of hydrogen-bond acceptors (Lipinski definition) is 2. The molecule has 0 saturated carbocycles. The van der Waals surface area contributed by atoms with Gasteiger partial charge in [-0.1, -0.05) is 55.5 Å². The fraction of sp³-hybridized carbons (Fsp3) is 0.308. The lowest BCUT2D eigenvalue weighted by Gasteiger charge is -2.31. The number of aromatic nitrogens is 1. The molecule has 0 unspecified atom stereocenters. The number of hydrogen-bond donors (Lipinski definition) is 0. The molecule has 0 aliphatic heterocycles. The molecule has 3 aromatic rings. The van der Waals surface area contributed by atoms with Crippen LogP contribution in [0.15, 0.2) is 79.0 Å². The zero-order valence-electron chi connectivity index (χ0n) is 18.6. The van der Waals surface area contributed by atoms with E-state index in [4.69, 9.17) is 0 Å². The summed E-state index contributed by atoms with van der Waals surface area (Å²) in [6.07, 6.45) is 2.76. The highest BCUT2D eigenvalue weighted by atomic mass is 16.2. The van der Waals surface area contributed by atoms with Crippen LogP contribution in [0.4, 0.5) is 0 Å². The van der Waals surface area contributed by atoms with Gasteiger partial charge < -0.3 is 14.4 Å². The molecule has 3 rings (SSSR count). The fourth-order valence-corrected chi connectivity index (χ4v) is 3.53. The Kier molecular flexibility index (Phi) is 7.65. The first-order valence-corrected chi connectivity index (χ1v) is 10.8. The maximum Gasteiger partial charge on any atom is 0.254 e. The van der Waals surface area contributed by atoms with Crippen LogP contribution in [-0.4, -0.2) is 38.8 Å². The predicted octanol–water partition coefficient (Wildman–Crippen LogP) is 4.49. The first kappa shape index (κ1) is 22.3. The molecule has 0 spiro atoms. The SMILES string of the molecule is CC[C@H](C)N(CC(=O)N(Cc1ccccc1)Cc1cccn1C)C(=O)c1ccccc1. The van der Waals surface area contributed by atoms with Crippen LogP contribution in [0.2, 0.25) is 0 Å². The Bertz CT molecular complexity index is 982. The number of rotatable bonds is 9. The van der Waals surface area contributed by atoms with Crippen molar-refractivity contribution in [3.8, 4) is 0 Å². The third-order valence-corrected chi connectivity index (χ3v) is 5.68. The molecular formula is C26H31N3O2. The standard InChI is InChI=1S/C26H31N3O2/c1-4-21(2)29(26(31)23-14-9-6-10-15-23)20-25(30)28(18-22-12-7-5-8-13-22)19-24-16-11-17-27(24)3/h5-17,21H,4,18-20H2,1-3H3/t21-/m0/s1. The van der Waals surface area contributed by atoms with Gasteiger partial charge in [0.2, 0.25) is 5.91 Å². The van der Waals surface area contributed by atoms with Crippen LogP contribution < -0.4 is 0 Å². The van der Waals surface area contributed by atoms with Gasteiger partial charge in [-0.3, -0.25) is 9.59 Å². The number of aryl methyl sites for hydroxylation is 1. The Hall–Kier alpha value is -3.34. The highest BCUT2D eigenvalue weighted by Crippen LogP contribution is 2.15. The second kappa shape index (κ2) is 10.6. The Labute approximate surface area is 184 Å². The van der Waals surface area contributed by atoms with Crippen molar-refractivity contribution in [1.82, 2.24) is 14.4 Å². The smallest absolute Gasteiger partial charge is 0.254 e. The van der Waals surface area contributed by atoms with E-state index in [-0.39, 0.29) is 24.4 Å². The topological polar surface area (TPSA) is 45.6 Å². The maximum absolute atomic E-state index is 13.5. The third-order valence-electron chi connectivity index (χ3n) is 5.68. The summed E-state index contributed by atoms with van der Waals surface area (Å²) in [5, 5.41) is 0. The van der Waals surface area contributed by atoms with Gasteiger partial charge in [0.25, 0.3) is 5.91 Å². The summed E-state index contributed by atoms with van der Waals surface area (Å²) < 4.78 is 2.02. The highest BCUT2D eigenvalue weighted by Gasteiger charge is 2.26. The van der Waals surface area contributed by atoms with Gasteiger partial charge >= 0.3 is 0 Å². The van der Waals surface area contributed by atoms with Crippen LogP contribution >= 0.6 is 0 Å². The minimum atomic E-state index is -0.109. The van der Waals surface area contributed by atoms with Gasteiger partial charge in [-0.05, 0) is 43.2 Å². The number of carbonyl (C=O) groups excluding carboxylic acids is 2. The van der Waals surface area contributed by atoms with Crippen LogP contribution in [0, 0.1) is 0 Å². The molecule has 0 fully saturated rings. The van der Waals surface area contributed by atoms with Crippen LogP contribution in [0.3, 0.4) is 0 Å². The predicted molar refractivity (Wildman–Crippen MR) is 123 cm³/mol. The minimum Gasteiger partial charge on any atom is -0.353 e. The molecule has 31 heavy (non-hydrogen) atoms. The van der Waals surface area contributed by atoms with Gasteiger partial charge in [-0.2, -0.15) is 0 Å². The van der Waals surface area contributed by atoms with Crippen molar-refractivity contribution < 1.29 is 9.59 Å². The van der Waals surface area contributed by atoms with Crippen LogP contribution in [0.25, 0.3) is 0 Å². The summed E-state index contributed by atoms with van der Waals surface area (Å²) in [5.74, 6) is -0.170. The van der Waals surface area contributed by atoms with Crippen molar-refractivity contribution in [2.75, 3.05) is 6.54 Å². The summed E-state index contributed by atoms with van der Waals surface area (Å²) in [5.41, 5.74) is 2.72. The second-order valence-electron chi connectivity index (χ2n) is 7.90. The molecule has 0 radical (unpaired) electrons. The van der Waals surface area contributed by atoms with Crippen molar-refractivity contribution in [2.45, 2.75) is 39.4 Å². The molecule has 2 aromatic carbocycles. The zero-order chi connectivity index (χ0) is 22.2. The summed E-state index contributed by atoms with van der Waals surface area (Å²) in [6, 6.07) is 23.1. The summed E-state index contributed by atoms with van der Waals surface area (Å²) >= 11 is 0. The lowest BCUT2D eigenvalue weighted by atomic mass is 10.1. The molecular weight excluding hydrogens is 386 g/mol. The molecule has 0 aliphatic carbocycles. The van der Waals surface area contributed by atoms with Gasteiger partial charge in [-0.15, -0.1) is 0 Å². The minimum absolute atomic E-state index is 0.0368. The second-order valence-corrected chi connectivity index (χ2v) is 7.90. The number of amides is 2. The molecule has 0 N–H and O–H groups in total. The zero-order valence-corrected chi connectivity index (χ0v) is 18.6. The van der Waals surface area contributed by atoms with Gasteiger partial charge in [0, 0.05) is 37.1 Å². The lowest BCUT2D eigenvalue weighted by Crippen LogP contribution is -2.46. The molecule has 0 bridgehead atoms. The van der Waals surface area contributed by atoms with Gasteiger partial charge in [-0.25, -0.2) is 0 Å². The molecule has 0 aliphatic rings.